The van der Waals surface area contributed by atoms with Crippen molar-refractivity contribution in [1.29, 1.82) is 0 Å². The Kier molecular flexibility index (Phi) is 26.4. The van der Waals surface area contributed by atoms with Gasteiger partial charge in [-0.1, -0.05) is 161 Å². The molecule has 1 unspecified atom stereocenters. The Morgan fingerprint density at radius 2 is 0.971 bits per heavy atom. The van der Waals surface area contributed by atoms with Crippen LogP contribution in [-0.2, 0) is 14.6 Å². The van der Waals surface area contributed by atoms with Crippen LogP contribution < -0.4 is 0 Å². The zero-order valence-electron chi connectivity index (χ0n) is 23.5. The van der Waals surface area contributed by atoms with E-state index in [4.69, 9.17) is 4.55 Å². The fourth-order valence-corrected chi connectivity index (χ4v) is 5.04. The number of allylic oxidation sites excluding steroid dienone is 1. The van der Waals surface area contributed by atoms with Gasteiger partial charge in [0, 0.05) is 5.92 Å². The van der Waals surface area contributed by atoms with Gasteiger partial charge in [-0.15, -0.1) is 0 Å². The lowest BCUT2D eigenvalue weighted by Crippen LogP contribution is -2.12. The molecule has 4 nitrogen and oxygen atoms in total. The molecule has 0 aromatic rings. The first-order valence-corrected chi connectivity index (χ1v) is 16.6. The summed E-state index contributed by atoms with van der Waals surface area (Å²) in [5.74, 6) is 0.0586. The highest BCUT2D eigenvalue weighted by Gasteiger charge is 2.11. The maximum Gasteiger partial charge on any atom is 0.397 e. The first-order chi connectivity index (χ1) is 17.0. The number of unbranched alkanes of at least 4 members (excludes halogenated alkanes) is 21. The van der Waals surface area contributed by atoms with E-state index in [-0.39, 0.29) is 12.5 Å². The minimum Gasteiger partial charge on any atom is -0.264 e. The van der Waals surface area contributed by atoms with Gasteiger partial charge < -0.3 is 0 Å². The molecule has 0 amide bonds. The van der Waals surface area contributed by atoms with Gasteiger partial charge in [0.1, 0.15) is 0 Å². The summed E-state index contributed by atoms with van der Waals surface area (Å²) in [7, 11) is -4.36. The molecule has 0 aliphatic rings. The summed E-state index contributed by atoms with van der Waals surface area (Å²) in [4.78, 5) is 0. The molecule has 0 radical (unpaired) electrons. The van der Waals surface area contributed by atoms with Gasteiger partial charge in [-0.2, -0.15) is 8.42 Å². The van der Waals surface area contributed by atoms with E-state index in [0.717, 1.165) is 19.3 Å². The van der Waals surface area contributed by atoms with Crippen LogP contribution in [0, 0.1) is 5.92 Å². The van der Waals surface area contributed by atoms with Crippen molar-refractivity contribution in [2.24, 2.45) is 5.92 Å². The molecule has 0 aliphatic heterocycles. The number of rotatable bonds is 28. The lowest BCUT2D eigenvalue weighted by Gasteiger charge is -2.12. The molecule has 0 aliphatic carbocycles. The predicted octanol–water partition coefficient (Wildman–Crippen LogP) is 10.4. The van der Waals surface area contributed by atoms with E-state index in [9.17, 15) is 8.42 Å². The van der Waals surface area contributed by atoms with Gasteiger partial charge in [-0.25, -0.2) is 4.18 Å². The minimum atomic E-state index is -4.36. The average Bonchev–Trinajstić information content (AvgIpc) is 2.82. The van der Waals surface area contributed by atoms with Gasteiger partial charge in [0.15, 0.2) is 0 Å². The van der Waals surface area contributed by atoms with Gasteiger partial charge in [0.25, 0.3) is 0 Å². The molecular formula is C30H60O4S. The molecule has 0 heterocycles. The highest BCUT2D eigenvalue weighted by atomic mass is 32.3. The van der Waals surface area contributed by atoms with E-state index in [0.29, 0.717) is 0 Å². The van der Waals surface area contributed by atoms with Crippen LogP contribution in [0.5, 0.6) is 0 Å². The van der Waals surface area contributed by atoms with Crippen molar-refractivity contribution in [2.45, 2.75) is 168 Å². The normalized spacial score (nSPS) is 13.1. The van der Waals surface area contributed by atoms with Crippen LogP contribution >= 0.6 is 0 Å². The third kappa shape index (κ3) is 29.7. The van der Waals surface area contributed by atoms with Crippen LogP contribution in [0.2, 0.25) is 0 Å². The molecule has 0 saturated carbocycles. The SMILES string of the molecule is CCCCCCCCCCCCCC/C=C/C(CCCCCCCCCCCC)COS(=O)(=O)O. The van der Waals surface area contributed by atoms with Crippen LogP contribution in [0.25, 0.3) is 0 Å². The van der Waals surface area contributed by atoms with Crippen molar-refractivity contribution in [3.8, 4) is 0 Å². The van der Waals surface area contributed by atoms with E-state index >= 15 is 0 Å². The highest BCUT2D eigenvalue weighted by molar-refractivity contribution is 7.80. The molecule has 5 heteroatoms. The zero-order valence-corrected chi connectivity index (χ0v) is 24.3. The second-order valence-electron chi connectivity index (χ2n) is 10.5. The smallest absolute Gasteiger partial charge is 0.264 e. The molecule has 1 N–H and O–H groups in total. The summed E-state index contributed by atoms with van der Waals surface area (Å²) in [6.07, 6.45) is 35.4. The fourth-order valence-electron chi connectivity index (χ4n) is 4.69. The van der Waals surface area contributed by atoms with Crippen LogP contribution in [0.4, 0.5) is 0 Å². The molecular weight excluding hydrogens is 456 g/mol. The second-order valence-corrected chi connectivity index (χ2v) is 11.6. The number of hydrogen-bond donors (Lipinski definition) is 1. The van der Waals surface area contributed by atoms with Gasteiger partial charge in [-0.05, 0) is 19.3 Å². The molecule has 35 heavy (non-hydrogen) atoms. The third-order valence-corrected chi connectivity index (χ3v) is 7.43. The highest BCUT2D eigenvalue weighted by Crippen LogP contribution is 2.17. The van der Waals surface area contributed by atoms with Crippen molar-refractivity contribution in [3.63, 3.8) is 0 Å². The minimum absolute atomic E-state index is 0.0468. The van der Waals surface area contributed by atoms with E-state index in [2.05, 4.69) is 30.2 Å². The molecule has 1 atom stereocenters. The Morgan fingerprint density at radius 1 is 0.600 bits per heavy atom. The van der Waals surface area contributed by atoms with Crippen LogP contribution in [0.15, 0.2) is 12.2 Å². The molecule has 0 aromatic carbocycles. The average molecular weight is 517 g/mol. The zero-order chi connectivity index (χ0) is 25.9. The third-order valence-electron chi connectivity index (χ3n) is 6.99. The van der Waals surface area contributed by atoms with E-state index in [1.807, 2.05) is 0 Å². The van der Waals surface area contributed by atoms with Crippen molar-refractivity contribution in [1.82, 2.24) is 0 Å². The van der Waals surface area contributed by atoms with Gasteiger partial charge in [0.05, 0.1) is 6.61 Å². The quantitative estimate of drug-likeness (QED) is 0.0638. The molecule has 0 rings (SSSR count). The molecule has 210 valence electrons. The summed E-state index contributed by atoms with van der Waals surface area (Å²) in [6.45, 7) is 4.57. The maximum absolute atomic E-state index is 11.0. The standard InChI is InChI=1S/C30H60O4S/c1-3-5-7-9-11-13-15-16-17-18-20-22-24-26-28-30(29-34-35(31,32)33)27-25-23-21-19-14-12-10-8-6-4-2/h26,28,30H,3-25,27,29H2,1-2H3,(H,31,32,33)/b28-26+. The summed E-state index contributed by atoms with van der Waals surface area (Å²) in [5.41, 5.74) is 0. The fraction of sp³-hybridized carbons (Fsp3) is 0.933. The Labute approximate surface area is 220 Å². The van der Waals surface area contributed by atoms with Crippen molar-refractivity contribution < 1.29 is 17.2 Å². The maximum atomic E-state index is 11.0. The Balaban J connectivity index is 3.82. The summed E-state index contributed by atoms with van der Waals surface area (Å²) in [5, 5.41) is 0. The number of hydrogen-bond acceptors (Lipinski definition) is 3. The Morgan fingerprint density at radius 3 is 1.37 bits per heavy atom. The molecule has 0 saturated heterocycles. The summed E-state index contributed by atoms with van der Waals surface area (Å²) >= 11 is 0. The van der Waals surface area contributed by atoms with E-state index in [1.54, 1.807) is 0 Å². The van der Waals surface area contributed by atoms with Crippen molar-refractivity contribution in [2.75, 3.05) is 6.61 Å². The van der Waals surface area contributed by atoms with Crippen LogP contribution in [-0.4, -0.2) is 19.6 Å². The van der Waals surface area contributed by atoms with Gasteiger partial charge >= 0.3 is 10.4 Å². The van der Waals surface area contributed by atoms with E-state index < -0.39 is 10.4 Å². The summed E-state index contributed by atoms with van der Waals surface area (Å²) in [6, 6.07) is 0. The van der Waals surface area contributed by atoms with Crippen LogP contribution in [0.1, 0.15) is 168 Å². The molecule has 0 spiro atoms. The predicted molar refractivity (Wildman–Crippen MR) is 152 cm³/mol. The lowest BCUT2D eigenvalue weighted by atomic mass is 9.99. The van der Waals surface area contributed by atoms with Gasteiger partial charge in [0.2, 0.25) is 0 Å². The van der Waals surface area contributed by atoms with Crippen LogP contribution in [0.3, 0.4) is 0 Å². The molecule has 0 fully saturated rings. The lowest BCUT2D eigenvalue weighted by molar-refractivity contribution is 0.234. The van der Waals surface area contributed by atoms with Crippen molar-refractivity contribution >= 4 is 10.4 Å². The monoisotopic (exact) mass is 516 g/mol. The molecule has 0 bridgehead atoms. The summed E-state index contributed by atoms with van der Waals surface area (Å²) < 4.78 is 35.6. The van der Waals surface area contributed by atoms with E-state index in [1.165, 1.54) is 135 Å². The largest absolute Gasteiger partial charge is 0.397 e. The van der Waals surface area contributed by atoms with Gasteiger partial charge in [-0.3, -0.25) is 4.55 Å². The first-order valence-electron chi connectivity index (χ1n) is 15.3. The topological polar surface area (TPSA) is 63.6 Å². The Bertz CT molecular complexity index is 545. The molecule has 0 aromatic heterocycles. The second kappa shape index (κ2) is 26.7. The van der Waals surface area contributed by atoms with Crippen molar-refractivity contribution in [3.05, 3.63) is 12.2 Å². The first kappa shape index (κ1) is 34.6. The Hall–Kier alpha value is -0.390.